The number of ether oxygens (including phenoxy) is 2. The van der Waals surface area contributed by atoms with Crippen LogP contribution in [-0.2, 0) is 4.79 Å². The molecule has 176 valence electrons. The lowest BCUT2D eigenvalue weighted by atomic mass is 10.0. The molecule has 3 aromatic rings. The standard InChI is InChI=1S/C26H21F3O5/c27-15-1-2-16-33-22-13-12-21(24(28)25(22)29)18-8-10-20(11-9-18)34-26(32)19-6-3-17(4-7-19)5-14-23(30)31/h3-14H,1-2,15-16H2,(H,30,31)/b14-5+. The first-order valence-electron chi connectivity index (χ1n) is 10.4. The number of hydrogen-bond acceptors (Lipinski definition) is 4. The van der Waals surface area contributed by atoms with E-state index in [0.717, 1.165) is 6.08 Å². The molecule has 8 heteroatoms. The van der Waals surface area contributed by atoms with E-state index in [1.165, 1.54) is 54.6 Å². The number of rotatable bonds is 10. The summed E-state index contributed by atoms with van der Waals surface area (Å²) in [7, 11) is 0. The smallest absolute Gasteiger partial charge is 0.343 e. The fraction of sp³-hybridized carbons (Fsp3) is 0.154. The van der Waals surface area contributed by atoms with Crippen LogP contribution >= 0.6 is 0 Å². The Morgan fingerprint density at radius 2 is 1.59 bits per heavy atom. The number of esters is 1. The average molecular weight is 470 g/mol. The van der Waals surface area contributed by atoms with Gasteiger partial charge in [0.05, 0.1) is 18.8 Å². The molecule has 0 aromatic heterocycles. The van der Waals surface area contributed by atoms with Gasteiger partial charge in [0, 0.05) is 11.6 Å². The summed E-state index contributed by atoms with van der Waals surface area (Å²) in [5, 5.41) is 8.65. The number of carbonyl (C=O) groups is 2. The largest absolute Gasteiger partial charge is 0.490 e. The van der Waals surface area contributed by atoms with Gasteiger partial charge in [-0.3, -0.25) is 4.39 Å². The average Bonchev–Trinajstić information content (AvgIpc) is 2.84. The maximum atomic E-state index is 14.5. The fourth-order valence-electron chi connectivity index (χ4n) is 3.01. The van der Waals surface area contributed by atoms with E-state index in [9.17, 15) is 22.8 Å². The molecule has 0 atom stereocenters. The minimum absolute atomic E-state index is 0.0106. The van der Waals surface area contributed by atoms with Gasteiger partial charge >= 0.3 is 11.9 Å². The zero-order valence-corrected chi connectivity index (χ0v) is 18.0. The van der Waals surface area contributed by atoms with Gasteiger partial charge in [-0.05, 0) is 66.4 Å². The molecule has 1 N–H and O–H groups in total. The van der Waals surface area contributed by atoms with Crippen molar-refractivity contribution in [1.29, 1.82) is 0 Å². The molecule has 0 saturated heterocycles. The van der Waals surface area contributed by atoms with Gasteiger partial charge < -0.3 is 14.6 Å². The summed E-state index contributed by atoms with van der Waals surface area (Å²) < 4.78 is 51.5. The first kappa shape index (κ1) is 24.6. The summed E-state index contributed by atoms with van der Waals surface area (Å²) in [5.41, 5.74) is 1.24. The van der Waals surface area contributed by atoms with E-state index in [1.807, 2.05) is 0 Å². The summed E-state index contributed by atoms with van der Waals surface area (Å²) in [5.74, 6) is -3.95. The van der Waals surface area contributed by atoms with Crippen LogP contribution in [0.2, 0.25) is 0 Å². The Bertz CT molecular complexity index is 1170. The molecule has 0 aliphatic heterocycles. The topological polar surface area (TPSA) is 72.8 Å². The van der Waals surface area contributed by atoms with Crippen molar-refractivity contribution < 1.29 is 37.3 Å². The number of halogens is 3. The van der Waals surface area contributed by atoms with E-state index in [-0.39, 0.29) is 35.7 Å². The molecule has 34 heavy (non-hydrogen) atoms. The number of benzene rings is 3. The molecule has 5 nitrogen and oxygen atoms in total. The lowest BCUT2D eigenvalue weighted by molar-refractivity contribution is -0.131. The minimum atomic E-state index is -1.13. The predicted octanol–water partition coefficient (Wildman–Crippen LogP) is 6.08. The molecular weight excluding hydrogens is 449 g/mol. The molecule has 0 fully saturated rings. The molecule has 0 spiro atoms. The maximum Gasteiger partial charge on any atom is 0.343 e. The van der Waals surface area contributed by atoms with Gasteiger partial charge in [0.25, 0.3) is 0 Å². The third kappa shape index (κ3) is 6.48. The van der Waals surface area contributed by atoms with Crippen molar-refractivity contribution in [3.63, 3.8) is 0 Å². The fourth-order valence-corrected chi connectivity index (χ4v) is 3.01. The molecule has 0 amide bonds. The molecule has 0 saturated carbocycles. The Morgan fingerprint density at radius 1 is 0.882 bits per heavy atom. The van der Waals surface area contributed by atoms with Crippen LogP contribution in [0.1, 0.15) is 28.8 Å². The van der Waals surface area contributed by atoms with E-state index >= 15 is 0 Å². The Labute approximate surface area is 194 Å². The third-order valence-electron chi connectivity index (χ3n) is 4.77. The second-order valence-corrected chi connectivity index (χ2v) is 7.19. The van der Waals surface area contributed by atoms with Gasteiger partial charge in [-0.1, -0.05) is 24.3 Å². The Hall–Kier alpha value is -4.07. The van der Waals surface area contributed by atoms with Crippen LogP contribution in [0.4, 0.5) is 13.2 Å². The van der Waals surface area contributed by atoms with E-state index in [2.05, 4.69) is 0 Å². The van der Waals surface area contributed by atoms with E-state index in [0.29, 0.717) is 17.5 Å². The monoisotopic (exact) mass is 470 g/mol. The lowest BCUT2D eigenvalue weighted by Crippen LogP contribution is -2.08. The highest BCUT2D eigenvalue weighted by atomic mass is 19.2. The van der Waals surface area contributed by atoms with E-state index in [4.69, 9.17) is 14.6 Å². The molecule has 0 aliphatic rings. The van der Waals surface area contributed by atoms with Gasteiger partial charge in [0.15, 0.2) is 11.6 Å². The van der Waals surface area contributed by atoms with Crippen molar-refractivity contribution >= 4 is 18.0 Å². The highest BCUT2D eigenvalue weighted by Crippen LogP contribution is 2.31. The van der Waals surface area contributed by atoms with Crippen LogP contribution in [0, 0.1) is 11.6 Å². The Balaban J connectivity index is 1.66. The van der Waals surface area contributed by atoms with Crippen LogP contribution in [0.3, 0.4) is 0 Å². The van der Waals surface area contributed by atoms with E-state index in [1.54, 1.807) is 12.1 Å². The molecule has 0 aliphatic carbocycles. The predicted molar refractivity (Wildman–Crippen MR) is 121 cm³/mol. The molecule has 0 bridgehead atoms. The van der Waals surface area contributed by atoms with Gasteiger partial charge in [0.1, 0.15) is 5.75 Å². The van der Waals surface area contributed by atoms with Gasteiger partial charge in [-0.15, -0.1) is 0 Å². The Kier molecular flexibility index (Phi) is 8.45. The first-order valence-corrected chi connectivity index (χ1v) is 10.4. The quantitative estimate of drug-likeness (QED) is 0.168. The normalized spacial score (nSPS) is 10.9. The number of aliphatic carboxylic acids is 1. The molecule has 0 radical (unpaired) electrons. The second kappa shape index (κ2) is 11.7. The SMILES string of the molecule is O=C(O)/C=C/c1ccc(C(=O)Oc2ccc(-c3ccc(OCCCCF)c(F)c3F)cc2)cc1. The minimum Gasteiger partial charge on any atom is -0.490 e. The van der Waals surface area contributed by atoms with Crippen LogP contribution in [0.15, 0.2) is 66.7 Å². The highest BCUT2D eigenvalue weighted by Gasteiger charge is 2.16. The summed E-state index contributed by atoms with van der Waals surface area (Å²) in [6.45, 7) is -0.412. The van der Waals surface area contributed by atoms with Gasteiger partial charge in [-0.2, -0.15) is 4.39 Å². The van der Waals surface area contributed by atoms with Crippen molar-refractivity contribution in [2.75, 3.05) is 13.3 Å². The number of hydrogen-bond donors (Lipinski definition) is 1. The van der Waals surface area contributed by atoms with E-state index < -0.39 is 30.2 Å². The molecule has 3 aromatic carbocycles. The molecule has 0 heterocycles. The van der Waals surface area contributed by atoms with Crippen molar-refractivity contribution in [1.82, 2.24) is 0 Å². The summed E-state index contributed by atoms with van der Waals surface area (Å²) in [6.07, 6.45) is 3.06. The van der Waals surface area contributed by atoms with Crippen LogP contribution in [-0.4, -0.2) is 30.3 Å². The zero-order valence-electron chi connectivity index (χ0n) is 18.0. The van der Waals surface area contributed by atoms with Crippen LogP contribution < -0.4 is 9.47 Å². The van der Waals surface area contributed by atoms with Crippen molar-refractivity contribution in [2.24, 2.45) is 0 Å². The molecule has 3 rings (SSSR count). The number of unbranched alkanes of at least 4 members (excludes halogenated alkanes) is 1. The number of carboxylic acids is 1. The summed E-state index contributed by atoms with van der Waals surface area (Å²) >= 11 is 0. The number of alkyl halides is 1. The van der Waals surface area contributed by atoms with Crippen LogP contribution in [0.5, 0.6) is 11.5 Å². The van der Waals surface area contributed by atoms with Crippen molar-refractivity contribution in [2.45, 2.75) is 12.8 Å². The highest BCUT2D eigenvalue weighted by molar-refractivity contribution is 5.91. The van der Waals surface area contributed by atoms with Crippen LogP contribution in [0.25, 0.3) is 17.2 Å². The summed E-state index contributed by atoms with van der Waals surface area (Å²) in [4.78, 5) is 22.9. The second-order valence-electron chi connectivity index (χ2n) is 7.19. The van der Waals surface area contributed by atoms with Gasteiger partial charge in [0.2, 0.25) is 5.82 Å². The third-order valence-corrected chi connectivity index (χ3v) is 4.77. The maximum absolute atomic E-state index is 14.5. The summed E-state index contributed by atoms with van der Waals surface area (Å²) in [6, 6.07) is 14.7. The number of carboxylic acid groups (broad SMARTS) is 1. The first-order chi connectivity index (χ1) is 16.4. The lowest BCUT2D eigenvalue weighted by Gasteiger charge is -2.11. The Morgan fingerprint density at radius 3 is 2.24 bits per heavy atom. The molecule has 0 unspecified atom stereocenters. The van der Waals surface area contributed by atoms with Crippen molar-refractivity contribution in [3.05, 3.63) is 89.5 Å². The number of carbonyl (C=O) groups excluding carboxylic acids is 1. The van der Waals surface area contributed by atoms with Crippen molar-refractivity contribution in [3.8, 4) is 22.6 Å². The van der Waals surface area contributed by atoms with Gasteiger partial charge in [-0.25, -0.2) is 14.0 Å². The zero-order chi connectivity index (χ0) is 24.5. The molecular formula is C26H21F3O5.